The predicted octanol–water partition coefficient (Wildman–Crippen LogP) is 1.88. The van der Waals surface area contributed by atoms with Gasteiger partial charge in [-0.3, -0.25) is 5.10 Å². The number of anilines is 1. The average molecular weight is 278 g/mol. The highest BCUT2D eigenvalue weighted by Gasteiger charge is 2.15. The van der Waals surface area contributed by atoms with Gasteiger partial charge >= 0.3 is 0 Å². The molecule has 0 bridgehead atoms. The van der Waals surface area contributed by atoms with Gasteiger partial charge in [-0.15, -0.1) is 0 Å². The van der Waals surface area contributed by atoms with Gasteiger partial charge < -0.3 is 9.80 Å². The Morgan fingerprint density at radius 2 is 2.00 bits per heavy atom. The maximum Gasteiger partial charge on any atom is 0.128 e. The van der Waals surface area contributed by atoms with Gasteiger partial charge in [0, 0.05) is 44.0 Å². The van der Waals surface area contributed by atoms with E-state index in [1.807, 2.05) is 18.3 Å². The molecule has 0 atom stereocenters. The van der Waals surface area contributed by atoms with Gasteiger partial charge in [0.15, 0.2) is 0 Å². The fraction of sp³-hybridized carbons (Fsp3) is 0.385. The Morgan fingerprint density at radius 3 is 2.58 bits per heavy atom. The standard InChI is InChI=1S/C13H16ClN5/c1-18-4-6-19(7-5-18)13-3-2-10(9-15-13)11-8-12(14)17-16-11/h2-3,8-9H,4-7H2,1H3,(H,16,17). The van der Waals surface area contributed by atoms with Crippen LogP contribution in [0, 0.1) is 0 Å². The van der Waals surface area contributed by atoms with E-state index in [4.69, 9.17) is 11.6 Å². The van der Waals surface area contributed by atoms with Crippen molar-refractivity contribution in [3.05, 3.63) is 29.5 Å². The van der Waals surface area contributed by atoms with Crippen molar-refractivity contribution in [1.29, 1.82) is 0 Å². The van der Waals surface area contributed by atoms with Crippen molar-refractivity contribution in [1.82, 2.24) is 20.1 Å². The zero-order valence-electron chi connectivity index (χ0n) is 10.8. The van der Waals surface area contributed by atoms with Crippen molar-refractivity contribution in [3.8, 4) is 11.3 Å². The van der Waals surface area contributed by atoms with Gasteiger partial charge in [0.1, 0.15) is 11.0 Å². The number of pyridine rings is 1. The molecule has 1 aliphatic rings. The summed E-state index contributed by atoms with van der Waals surface area (Å²) in [6.07, 6.45) is 1.85. The number of hydrogen-bond donors (Lipinski definition) is 1. The first kappa shape index (κ1) is 12.4. The zero-order chi connectivity index (χ0) is 13.2. The summed E-state index contributed by atoms with van der Waals surface area (Å²) >= 11 is 5.83. The molecule has 2 aromatic heterocycles. The molecule has 1 fully saturated rings. The summed E-state index contributed by atoms with van der Waals surface area (Å²) in [5.41, 5.74) is 1.79. The molecule has 1 saturated heterocycles. The first-order valence-corrected chi connectivity index (χ1v) is 6.71. The number of aromatic amines is 1. The predicted molar refractivity (Wildman–Crippen MR) is 76.5 cm³/mol. The van der Waals surface area contributed by atoms with Crippen LogP contribution in [0.5, 0.6) is 0 Å². The largest absolute Gasteiger partial charge is 0.354 e. The van der Waals surface area contributed by atoms with Crippen LogP contribution in [-0.2, 0) is 0 Å². The molecule has 19 heavy (non-hydrogen) atoms. The molecule has 0 aromatic carbocycles. The summed E-state index contributed by atoms with van der Waals surface area (Å²) < 4.78 is 0. The van der Waals surface area contributed by atoms with Crippen molar-refractivity contribution >= 4 is 17.4 Å². The van der Waals surface area contributed by atoms with Gasteiger partial charge in [-0.05, 0) is 19.2 Å². The molecule has 100 valence electrons. The molecular formula is C13H16ClN5. The number of rotatable bonds is 2. The summed E-state index contributed by atoms with van der Waals surface area (Å²) in [6, 6.07) is 5.88. The van der Waals surface area contributed by atoms with Crippen LogP contribution in [0.2, 0.25) is 5.15 Å². The second kappa shape index (κ2) is 5.19. The number of nitrogens with one attached hydrogen (secondary N) is 1. The molecule has 5 nitrogen and oxygen atoms in total. The lowest BCUT2D eigenvalue weighted by Crippen LogP contribution is -2.44. The zero-order valence-corrected chi connectivity index (χ0v) is 11.6. The first-order valence-electron chi connectivity index (χ1n) is 6.33. The molecule has 0 amide bonds. The van der Waals surface area contributed by atoms with Crippen molar-refractivity contribution in [2.75, 3.05) is 38.1 Å². The fourth-order valence-corrected chi connectivity index (χ4v) is 2.35. The Balaban J connectivity index is 1.75. The molecule has 6 heteroatoms. The van der Waals surface area contributed by atoms with E-state index in [-0.39, 0.29) is 0 Å². The van der Waals surface area contributed by atoms with E-state index < -0.39 is 0 Å². The number of H-pyrrole nitrogens is 1. The van der Waals surface area contributed by atoms with Crippen molar-refractivity contribution in [3.63, 3.8) is 0 Å². The van der Waals surface area contributed by atoms with Crippen LogP contribution in [0.1, 0.15) is 0 Å². The van der Waals surface area contributed by atoms with E-state index in [1.54, 1.807) is 6.07 Å². The lowest BCUT2D eigenvalue weighted by atomic mass is 10.2. The number of halogens is 1. The molecule has 2 aromatic rings. The summed E-state index contributed by atoms with van der Waals surface area (Å²) in [5.74, 6) is 1.03. The number of piperazine rings is 1. The van der Waals surface area contributed by atoms with Crippen LogP contribution in [-0.4, -0.2) is 53.3 Å². The number of likely N-dealkylation sites (N-methyl/N-ethyl adjacent to an activating group) is 1. The van der Waals surface area contributed by atoms with Gasteiger partial charge in [0.25, 0.3) is 0 Å². The Labute approximate surface area is 117 Å². The van der Waals surface area contributed by atoms with Gasteiger partial charge in [-0.25, -0.2) is 4.98 Å². The molecule has 3 heterocycles. The topological polar surface area (TPSA) is 48.0 Å². The maximum atomic E-state index is 5.83. The third kappa shape index (κ3) is 2.72. The van der Waals surface area contributed by atoms with E-state index in [2.05, 4.69) is 32.0 Å². The second-order valence-electron chi connectivity index (χ2n) is 4.80. The quantitative estimate of drug-likeness (QED) is 0.911. The minimum Gasteiger partial charge on any atom is -0.354 e. The molecule has 3 rings (SSSR count). The highest BCUT2D eigenvalue weighted by atomic mass is 35.5. The lowest BCUT2D eigenvalue weighted by molar-refractivity contribution is 0.312. The molecule has 1 aliphatic heterocycles. The van der Waals surface area contributed by atoms with Crippen LogP contribution < -0.4 is 4.90 Å². The minimum atomic E-state index is 0.540. The van der Waals surface area contributed by atoms with Gasteiger partial charge in [-0.2, -0.15) is 5.10 Å². The first-order chi connectivity index (χ1) is 9.22. The van der Waals surface area contributed by atoms with E-state index in [1.165, 1.54) is 0 Å². The second-order valence-corrected chi connectivity index (χ2v) is 5.20. The van der Waals surface area contributed by atoms with Crippen LogP contribution >= 0.6 is 11.6 Å². The highest BCUT2D eigenvalue weighted by molar-refractivity contribution is 6.29. The molecule has 0 radical (unpaired) electrons. The van der Waals surface area contributed by atoms with E-state index in [0.717, 1.165) is 43.3 Å². The van der Waals surface area contributed by atoms with Gasteiger partial charge in [-0.1, -0.05) is 11.6 Å². The number of hydrogen-bond acceptors (Lipinski definition) is 4. The van der Waals surface area contributed by atoms with Crippen LogP contribution in [0.15, 0.2) is 24.4 Å². The SMILES string of the molecule is CN1CCN(c2ccc(-c3cc(Cl)[nH]n3)cn2)CC1. The van der Waals surface area contributed by atoms with E-state index >= 15 is 0 Å². The Morgan fingerprint density at radius 1 is 1.21 bits per heavy atom. The number of nitrogens with zero attached hydrogens (tertiary/aromatic N) is 4. The van der Waals surface area contributed by atoms with Crippen LogP contribution in [0.3, 0.4) is 0 Å². The third-order valence-corrected chi connectivity index (χ3v) is 3.61. The fourth-order valence-electron chi connectivity index (χ4n) is 2.21. The summed E-state index contributed by atoms with van der Waals surface area (Å²) in [4.78, 5) is 9.16. The molecular weight excluding hydrogens is 262 g/mol. The van der Waals surface area contributed by atoms with Crippen LogP contribution in [0.25, 0.3) is 11.3 Å². The number of aromatic nitrogens is 3. The van der Waals surface area contributed by atoms with Crippen molar-refractivity contribution < 1.29 is 0 Å². The Hall–Kier alpha value is -1.59. The smallest absolute Gasteiger partial charge is 0.128 e. The van der Waals surface area contributed by atoms with Crippen molar-refractivity contribution in [2.45, 2.75) is 0 Å². The molecule has 0 saturated carbocycles. The molecule has 0 unspecified atom stereocenters. The average Bonchev–Trinajstić information content (AvgIpc) is 2.87. The molecule has 0 spiro atoms. The van der Waals surface area contributed by atoms with E-state index in [9.17, 15) is 0 Å². The van der Waals surface area contributed by atoms with Crippen LogP contribution in [0.4, 0.5) is 5.82 Å². The third-order valence-electron chi connectivity index (χ3n) is 3.42. The molecule has 0 aliphatic carbocycles. The Bertz CT molecular complexity index is 542. The normalized spacial score (nSPS) is 16.8. The molecule has 1 N–H and O–H groups in total. The van der Waals surface area contributed by atoms with Gasteiger partial charge in [0.2, 0.25) is 0 Å². The summed E-state index contributed by atoms with van der Waals surface area (Å²) in [5, 5.41) is 7.38. The van der Waals surface area contributed by atoms with E-state index in [0.29, 0.717) is 5.15 Å². The Kier molecular flexibility index (Phi) is 3.40. The minimum absolute atomic E-state index is 0.540. The lowest BCUT2D eigenvalue weighted by Gasteiger charge is -2.33. The monoisotopic (exact) mass is 277 g/mol. The summed E-state index contributed by atoms with van der Waals surface area (Å²) in [6.45, 7) is 4.21. The summed E-state index contributed by atoms with van der Waals surface area (Å²) in [7, 11) is 2.15. The highest BCUT2D eigenvalue weighted by Crippen LogP contribution is 2.21. The van der Waals surface area contributed by atoms with Gasteiger partial charge in [0.05, 0.1) is 5.69 Å². The van der Waals surface area contributed by atoms with Crippen molar-refractivity contribution in [2.24, 2.45) is 0 Å². The maximum absolute atomic E-state index is 5.83.